The van der Waals surface area contributed by atoms with E-state index in [9.17, 15) is 0 Å². The van der Waals surface area contributed by atoms with E-state index in [1.54, 1.807) is 0 Å². The average Bonchev–Trinajstić information content (AvgIpc) is 2.37. The Morgan fingerprint density at radius 2 is 1.63 bits per heavy atom. The molecule has 0 spiro atoms. The zero-order valence-corrected chi connectivity index (χ0v) is 14.2. The third-order valence-corrected chi connectivity index (χ3v) is 4.67. The molecule has 0 aromatic heterocycles. The predicted octanol–water partition coefficient (Wildman–Crippen LogP) is 5.82. The smallest absolute Gasteiger partial charge is 0.0297 e. The highest BCUT2D eigenvalue weighted by molar-refractivity contribution is 9.10. The Kier molecular flexibility index (Phi) is 7.70. The molecule has 0 bridgehead atoms. The highest BCUT2D eigenvalue weighted by Crippen LogP contribution is 2.27. The molecule has 1 atom stereocenters. The summed E-state index contributed by atoms with van der Waals surface area (Å²) in [6.07, 6.45) is 9.10. The van der Waals surface area contributed by atoms with Gasteiger partial charge in [0.25, 0.3) is 0 Å². The molecular weight excluding hydrogens is 298 g/mol. The minimum Gasteiger partial charge on any atom is -0.324 e. The minimum atomic E-state index is 0.193. The van der Waals surface area contributed by atoms with Crippen LogP contribution in [0.5, 0.6) is 0 Å². The number of benzene rings is 1. The van der Waals surface area contributed by atoms with Crippen molar-refractivity contribution < 1.29 is 0 Å². The van der Waals surface area contributed by atoms with Gasteiger partial charge in [-0.05, 0) is 43.0 Å². The van der Waals surface area contributed by atoms with Crippen LogP contribution >= 0.6 is 15.9 Å². The van der Waals surface area contributed by atoms with E-state index in [0.717, 1.165) is 6.42 Å². The standard InChI is InChI=1S/C17H28BrN/c1-4-5-6-7-8-9-10-17(19)15-11-14(3)16(18)12-13(15)2/h11-12,17H,4-10,19H2,1-3H3. The second-order valence-electron chi connectivity index (χ2n) is 5.62. The average molecular weight is 326 g/mol. The van der Waals surface area contributed by atoms with E-state index < -0.39 is 0 Å². The van der Waals surface area contributed by atoms with E-state index in [4.69, 9.17) is 5.73 Å². The highest BCUT2D eigenvalue weighted by atomic mass is 79.9. The molecule has 0 fully saturated rings. The first-order chi connectivity index (χ1) is 9.06. The summed E-state index contributed by atoms with van der Waals surface area (Å²) in [5.74, 6) is 0. The maximum absolute atomic E-state index is 6.34. The molecule has 1 nitrogen and oxygen atoms in total. The van der Waals surface area contributed by atoms with E-state index in [1.807, 2.05) is 0 Å². The van der Waals surface area contributed by atoms with Crippen molar-refractivity contribution in [3.63, 3.8) is 0 Å². The van der Waals surface area contributed by atoms with Crippen LogP contribution in [0.4, 0.5) is 0 Å². The second kappa shape index (κ2) is 8.76. The fourth-order valence-electron chi connectivity index (χ4n) is 2.50. The van der Waals surface area contributed by atoms with Gasteiger partial charge in [-0.3, -0.25) is 0 Å². The van der Waals surface area contributed by atoms with Crippen molar-refractivity contribution in [2.24, 2.45) is 5.73 Å². The normalized spacial score (nSPS) is 12.7. The molecule has 0 saturated heterocycles. The molecule has 1 unspecified atom stereocenters. The third kappa shape index (κ3) is 5.66. The number of nitrogens with two attached hydrogens (primary N) is 1. The van der Waals surface area contributed by atoms with Crippen LogP contribution in [0.25, 0.3) is 0 Å². The van der Waals surface area contributed by atoms with Gasteiger partial charge in [0.15, 0.2) is 0 Å². The number of halogens is 1. The monoisotopic (exact) mass is 325 g/mol. The topological polar surface area (TPSA) is 26.0 Å². The van der Waals surface area contributed by atoms with Crippen molar-refractivity contribution in [2.45, 2.75) is 71.8 Å². The first-order valence-corrected chi connectivity index (χ1v) is 8.37. The van der Waals surface area contributed by atoms with Gasteiger partial charge >= 0.3 is 0 Å². The Labute approximate surface area is 127 Å². The van der Waals surface area contributed by atoms with Crippen LogP contribution in [0.3, 0.4) is 0 Å². The van der Waals surface area contributed by atoms with Crippen LogP contribution in [0.15, 0.2) is 16.6 Å². The third-order valence-electron chi connectivity index (χ3n) is 3.82. The summed E-state index contributed by atoms with van der Waals surface area (Å²) in [6, 6.07) is 4.62. The molecule has 0 aliphatic heterocycles. The Morgan fingerprint density at radius 3 is 2.32 bits per heavy atom. The molecule has 0 amide bonds. The second-order valence-corrected chi connectivity index (χ2v) is 6.48. The lowest BCUT2D eigenvalue weighted by Crippen LogP contribution is -2.12. The van der Waals surface area contributed by atoms with Gasteiger partial charge in [0.05, 0.1) is 0 Å². The lowest BCUT2D eigenvalue weighted by Gasteiger charge is -2.16. The Hall–Kier alpha value is -0.340. The number of aryl methyl sites for hydroxylation is 2. The Balaban J connectivity index is 2.41. The lowest BCUT2D eigenvalue weighted by molar-refractivity contribution is 0.546. The summed E-state index contributed by atoms with van der Waals surface area (Å²) in [7, 11) is 0. The first-order valence-electron chi connectivity index (χ1n) is 7.58. The van der Waals surface area contributed by atoms with Crippen LogP contribution in [0.1, 0.15) is 74.6 Å². The molecule has 0 aliphatic rings. The summed E-state index contributed by atoms with van der Waals surface area (Å²) < 4.78 is 1.18. The lowest BCUT2D eigenvalue weighted by atomic mass is 9.95. The van der Waals surface area contributed by atoms with Crippen molar-refractivity contribution >= 4 is 15.9 Å². The molecule has 2 heteroatoms. The maximum Gasteiger partial charge on any atom is 0.0297 e. The van der Waals surface area contributed by atoms with E-state index in [1.165, 1.54) is 59.7 Å². The summed E-state index contributed by atoms with van der Waals surface area (Å²) in [4.78, 5) is 0. The number of hydrogen-bond donors (Lipinski definition) is 1. The van der Waals surface area contributed by atoms with E-state index in [0.29, 0.717) is 0 Å². The highest BCUT2D eigenvalue weighted by Gasteiger charge is 2.10. The largest absolute Gasteiger partial charge is 0.324 e. The van der Waals surface area contributed by atoms with Gasteiger partial charge < -0.3 is 5.73 Å². The summed E-state index contributed by atoms with van der Waals surface area (Å²) >= 11 is 3.58. The maximum atomic E-state index is 6.34. The van der Waals surface area contributed by atoms with Crippen molar-refractivity contribution in [3.8, 4) is 0 Å². The van der Waals surface area contributed by atoms with Crippen molar-refractivity contribution in [1.82, 2.24) is 0 Å². The number of rotatable bonds is 8. The predicted molar refractivity (Wildman–Crippen MR) is 88.5 cm³/mol. The van der Waals surface area contributed by atoms with E-state index in [2.05, 4.69) is 48.8 Å². The molecular formula is C17H28BrN. The molecule has 1 aromatic carbocycles. The molecule has 2 N–H and O–H groups in total. The molecule has 0 heterocycles. The van der Waals surface area contributed by atoms with Gasteiger partial charge in [0, 0.05) is 10.5 Å². The minimum absolute atomic E-state index is 0.193. The van der Waals surface area contributed by atoms with Gasteiger partial charge in [0.2, 0.25) is 0 Å². The van der Waals surface area contributed by atoms with Gasteiger partial charge in [-0.2, -0.15) is 0 Å². The van der Waals surface area contributed by atoms with E-state index >= 15 is 0 Å². The number of hydrogen-bond acceptors (Lipinski definition) is 1. The summed E-state index contributed by atoms with van der Waals surface area (Å²) in [6.45, 7) is 6.54. The van der Waals surface area contributed by atoms with Gasteiger partial charge in [0.1, 0.15) is 0 Å². The SMILES string of the molecule is CCCCCCCCC(N)c1cc(C)c(Br)cc1C. The molecule has 108 valence electrons. The van der Waals surface area contributed by atoms with Crippen LogP contribution < -0.4 is 5.73 Å². The van der Waals surface area contributed by atoms with Crippen LogP contribution in [-0.4, -0.2) is 0 Å². The van der Waals surface area contributed by atoms with Crippen LogP contribution in [0, 0.1) is 13.8 Å². The first kappa shape index (κ1) is 16.7. The molecule has 1 rings (SSSR count). The summed E-state index contributed by atoms with van der Waals surface area (Å²) in [5.41, 5.74) is 10.2. The van der Waals surface area contributed by atoms with Crippen LogP contribution in [0.2, 0.25) is 0 Å². The zero-order valence-electron chi connectivity index (χ0n) is 12.6. The molecule has 19 heavy (non-hydrogen) atoms. The van der Waals surface area contributed by atoms with Crippen molar-refractivity contribution in [3.05, 3.63) is 33.3 Å². The van der Waals surface area contributed by atoms with Gasteiger partial charge in [-0.25, -0.2) is 0 Å². The molecule has 0 aliphatic carbocycles. The fraction of sp³-hybridized carbons (Fsp3) is 0.647. The van der Waals surface area contributed by atoms with Gasteiger partial charge in [-0.15, -0.1) is 0 Å². The van der Waals surface area contributed by atoms with Crippen molar-refractivity contribution in [1.29, 1.82) is 0 Å². The summed E-state index contributed by atoms with van der Waals surface area (Å²) in [5, 5.41) is 0. The molecule has 1 aromatic rings. The molecule has 0 radical (unpaired) electrons. The number of unbranched alkanes of at least 4 members (excludes halogenated alkanes) is 5. The zero-order chi connectivity index (χ0) is 14.3. The quantitative estimate of drug-likeness (QED) is 0.599. The fourth-order valence-corrected chi connectivity index (χ4v) is 2.96. The Morgan fingerprint density at radius 1 is 1.00 bits per heavy atom. The van der Waals surface area contributed by atoms with Crippen LogP contribution in [-0.2, 0) is 0 Å². The van der Waals surface area contributed by atoms with Crippen molar-refractivity contribution in [2.75, 3.05) is 0 Å². The molecule has 0 saturated carbocycles. The Bertz CT molecular complexity index is 387. The van der Waals surface area contributed by atoms with Gasteiger partial charge in [-0.1, -0.05) is 67.4 Å². The van der Waals surface area contributed by atoms with E-state index in [-0.39, 0.29) is 6.04 Å².